The molecule has 0 saturated carbocycles. The molecule has 4 rings (SSSR count). The number of ether oxygens (including phenoxy) is 1. The number of halogens is 5. The van der Waals surface area contributed by atoms with Crippen molar-refractivity contribution in [2.75, 3.05) is 56.5 Å². The maximum absolute atomic E-state index is 14.7. The predicted octanol–water partition coefficient (Wildman–Crippen LogP) is 7.26. The van der Waals surface area contributed by atoms with Crippen molar-refractivity contribution in [3.63, 3.8) is 0 Å². The molecule has 0 aliphatic carbocycles. The van der Waals surface area contributed by atoms with Gasteiger partial charge < -0.3 is 24.8 Å². The van der Waals surface area contributed by atoms with Gasteiger partial charge in [-0.1, -0.05) is 37.8 Å². The van der Waals surface area contributed by atoms with Crippen LogP contribution in [0.2, 0.25) is 0 Å². The number of fused-ring (bicyclic) bond motifs is 1. The molecular formula is C30H35F5N3O2PS. The highest BCUT2D eigenvalue weighted by Crippen LogP contribution is 2.45. The molecule has 2 heterocycles. The van der Waals surface area contributed by atoms with Crippen LogP contribution in [0.5, 0.6) is 5.75 Å². The zero-order valence-electron chi connectivity index (χ0n) is 23.8. The van der Waals surface area contributed by atoms with Crippen molar-refractivity contribution in [1.82, 2.24) is 4.90 Å². The van der Waals surface area contributed by atoms with Crippen molar-refractivity contribution in [2.45, 2.75) is 45.1 Å². The minimum atomic E-state index is -4.44. The molecule has 2 N–H and O–H groups in total. The number of nitrogens with zero attached hydrogens (tertiary/aromatic N) is 1. The number of hydrogen-bond donors (Lipinski definition) is 2. The van der Waals surface area contributed by atoms with Gasteiger partial charge in [-0.25, -0.2) is 8.78 Å². The fourth-order valence-electron chi connectivity index (χ4n) is 5.12. The number of rotatable bonds is 10. The molecule has 0 spiro atoms. The summed E-state index contributed by atoms with van der Waals surface area (Å²) in [6, 6.07) is 9.55. The summed E-state index contributed by atoms with van der Waals surface area (Å²) >= 11 is 1.15. The monoisotopic (exact) mass is 627 g/mol. The van der Waals surface area contributed by atoms with Crippen LogP contribution in [0, 0.1) is 11.8 Å². The molecule has 0 radical (unpaired) electrons. The molecule has 3 aromatic rings. The lowest BCUT2D eigenvalue weighted by Gasteiger charge is -2.33. The van der Waals surface area contributed by atoms with Crippen molar-refractivity contribution >= 4 is 45.2 Å². The Bertz CT molecular complexity index is 1490. The van der Waals surface area contributed by atoms with Crippen LogP contribution in [-0.4, -0.2) is 69.2 Å². The van der Waals surface area contributed by atoms with Crippen LogP contribution in [0.25, 0.3) is 10.1 Å². The molecule has 1 saturated heterocycles. The van der Waals surface area contributed by atoms with E-state index in [-0.39, 0.29) is 22.7 Å². The maximum Gasteiger partial charge on any atom is 0.393 e. The van der Waals surface area contributed by atoms with Crippen LogP contribution in [-0.2, 0) is 11.0 Å². The van der Waals surface area contributed by atoms with E-state index < -0.39 is 38.8 Å². The second-order valence-corrected chi connectivity index (χ2v) is 14.9. The summed E-state index contributed by atoms with van der Waals surface area (Å²) in [5.74, 6) is 5.95. The van der Waals surface area contributed by atoms with E-state index >= 15 is 0 Å². The van der Waals surface area contributed by atoms with Gasteiger partial charge in [-0.3, -0.25) is 0 Å². The molecule has 42 heavy (non-hydrogen) atoms. The molecule has 1 aromatic heterocycles. The van der Waals surface area contributed by atoms with E-state index in [4.69, 9.17) is 4.74 Å². The Balaban J connectivity index is 1.60. The summed E-state index contributed by atoms with van der Waals surface area (Å²) in [6.45, 7) is 3.66. The maximum atomic E-state index is 14.7. The Hall–Kier alpha value is -2.80. The SMILES string of the molecule is CCP(=O)(CC)c1ccc(NCC#Cc2sc3c(NC4CCN(C)C[C@@H]4F)cccc3c2CC(F)(F)F)c(OCF)c1. The van der Waals surface area contributed by atoms with E-state index in [1.165, 1.54) is 0 Å². The first-order chi connectivity index (χ1) is 20.0. The first-order valence-electron chi connectivity index (χ1n) is 13.8. The number of nitrogens with one attached hydrogen (secondary N) is 2. The Morgan fingerprint density at radius 1 is 1.17 bits per heavy atom. The first kappa shape index (κ1) is 32.1. The lowest BCUT2D eigenvalue weighted by atomic mass is 10.0. The summed E-state index contributed by atoms with van der Waals surface area (Å²) in [5, 5.41) is 7.29. The van der Waals surface area contributed by atoms with Crippen LogP contribution in [0.1, 0.15) is 30.7 Å². The average molecular weight is 628 g/mol. The molecule has 1 fully saturated rings. The van der Waals surface area contributed by atoms with Crippen LogP contribution in [0.15, 0.2) is 36.4 Å². The smallest absolute Gasteiger partial charge is 0.393 e. The average Bonchev–Trinajstić information content (AvgIpc) is 3.29. The van der Waals surface area contributed by atoms with E-state index in [2.05, 4.69) is 22.5 Å². The predicted molar refractivity (Wildman–Crippen MR) is 163 cm³/mol. The largest absolute Gasteiger partial charge is 0.461 e. The first-order valence-corrected chi connectivity index (χ1v) is 16.7. The van der Waals surface area contributed by atoms with Gasteiger partial charge in [0.25, 0.3) is 0 Å². The normalized spacial score (nSPS) is 18.0. The summed E-state index contributed by atoms with van der Waals surface area (Å²) in [6.07, 6.45) is -5.17. The van der Waals surface area contributed by atoms with Gasteiger partial charge in [0, 0.05) is 30.7 Å². The number of anilines is 2. The zero-order chi connectivity index (χ0) is 30.5. The highest BCUT2D eigenvalue weighted by molar-refractivity contribution is 7.71. The number of piperidine rings is 1. The van der Waals surface area contributed by atoms with Crippen LogP contribution < -0.4 is 20.7 Å². The van der Waals surface area contributed by atoms with Gasteiger partial charge in [-0.15, -0.1) is 11.3 Å². The van der Waals surface area contributed by atoms with Crippen molar-refractivity contribution in [3.05, 3.63) is 46.8 Å². The summed E-state index contributed by atoms with van der Waals surface area (Å²) in [4.78, 5) is 2.19. The second kappa shape index (κ2) is 13.7. The number of likely N-dealkylation sites (tertiary alicyclic amines) is 1. The minimum Gasteiger partial charge on any atom is -0.461 e. The summed E-state index contributed by atoms with van der Waals surface area (Å²) in [7, 11) is -0.758. The van der Waals surface area contributed by atoms with E-state index in [9.17, 15) is 26.5 Å². The van der Waals surface area contributed by atoms with Crippen LogP contribution in [0.4, 0.5) is 33.3 Å². The molecule has 1 aliphatic rings. The van der Waals surface area contributed by atoms with Crippen molar-refractivity contribution in [1.29, 1.82) is 0 Å². The molecule has 1 unspecified atom stereocenters. The fourth-order valence-corrected chi connectivity index (χ4v) is 8.17. The van der Waals surface area contributed by atoms with E-state index in [1.54, 1.807) is 36.4 Å². The quantitative estimate of drug-likeness (QED) is 0.141. The molecule has 2 atom stereocenters. The van der Waals surface area contributed by atoms with Gasteiger partial charge in [-0.05, 0) is 48.7 Å². The van der Waals surface area contributed by atoms with Gasteiger partial charge in [0.1, 0.15) is 19.1 Å². The summed E-state index contributed by atoms with van der Waals surface area (Å²) in [5.41, 5.74) is 1.11. The number of benzene rings is 2. The van der Waals surface area contributed by atoms with Gasteiger partial charge >= 0.3 is 6.18 Å². The highest BCUT2D eigenvalue weighted by Gasteiger charge is 2.32. The zero-order valence-corrected chi connectivity index (χ0v) is 25.5. The molecule has 0 bridgehead atoms. The van der Waals surface area contributed by atoms with Gasteiger partial charge in [0.05, 0.1) is 40.0 Å². The topological polar surface area (TPSA) is 53.6 Å². The third-order valence-electron chi connectivity index (χ3n) is 7.52. The van der Waals surface area contributed by atoms with Crippen molar-refractivity contribution in [3.8, 4) is 17.6 Å². The van der Waals surface area contributed by atoms with Crippen molar-refractivity contribution < 1.29 is 31.3 Å². The lowest BCUT2D eigenvalue weighted by Crippen LogP contribution is -2.46. The molecule has 12 heteroatoms. The summed E-state index contributed by atoms with van der Waals surface area (Å²) < 4.78 is 87.4. The van der Waals surface area contributed by atoms with Gasteiger partial charge in [0.2, 0.25) is 6.86 Å². The molecule has 5 nitrogen and oxygen atoms in total. The van der Waals surface area contributed by atoms with E-state index in [1.807, 2.05) is 25.8 Å². The van der Waals surface area contributed by atoms with Crippen LogP contribution >= 0.6 is 18.5 Å². The fraction of sp³-hybridized carbons (Fsp3) is 0.467. The minimum absolute atomic E-state index is 0.0468. The number of alkyl halides is 5. The van der Waals surface area contributed by atoms with E-state index in [0.717, 1.165) is 17.9 Å². The standard InChI is InChI=1S/C30H35F5N3O2PS/c1-4-41(39,5-2)20-11-12-25(27(16-20)40-19-31)36-14-7-10-28-22(17-30(33,34)35)21-8-6-9-26(29(21)42-28)37-24-13-15-38(3)18-23(24)32/h6,8-9,11-12,16,23-24,36-37H,4-5,13-15,17-19H2,1-3H3/t23-,24?/m0/s1. The van der Waals surface area contributed by atoms with Gasteiger partial charge in [-0.2, -0.15) is 13.2 Å². The highest BCUT2D eigenvalue weighted by atomic mass is 32.1. The number of hydrogen-bond acceptors (Lipinski definition) is 6. The van der Waals surface area contributed by atoms with Gasteiger partial charge in [0.15, 0.2) is 0 Å². The lowest BCUT2D eigenvalue weighted by molar-refractivity contribution is -0.126. The Labute approximate surface area is 247 Å². The van der Waals surface area contributed by atoms with Crippen LogP contribution in [0.3, 0.4) is 0 Å². The van der Waals surface area contributed by atoms with Crippen molar-refractivity contribution in [2.24, 2.45) is 0 Å². The Morgan fingerprint density at radius 3 is 2.60 bits per heavy atom. The third-order valence-corrected chi connectivity index (χ3v) is 12.0. The Morgan fingerprint density at radius 2 is 1.93 bits per heavy atom. The third kappa shape index (κ3) is 7.58. The van der Waals surface area contributed by atoms with E-state index in [0.29, 0.717) is 52.1 Å². The molecule has 1 aliphatic heterocycles. The Kier molecular flexibility index (Phi) is 10.4. The molecule has 228 valence electrons. The number of thiophene rings is 1. The molecular weight excluding hydrogens is 592 g/mol. The molecule has 2 aromatic carbocycles. The second-order valence-electron chi connectivity index (χ2n) is 10.3. The molecule has 0 amide bonds.